The van der Waals surface area contributed by atoms with E-state index in [1.807, 2.05) is 37.3 Å². The number of anilines is 3. The SMILES string of the molecule is Cc1c(NC(=O)c2cc3c(s2)CCCC3)cccc1-c1ccnc(Nc2ccc(C(=O)NCCO)cc2)n1. The van der Waals surface area contributed by atoms with Crippen LogP contribution in [0.25, 0.3) is 11.3 Å². The molecule has 5 rings (SSSR count). The highest BCUT2D eigenvalue weighted by Crippen LogP contribution is 2.32. The van der Waals surface area contributed by atoms with E-state index in [1.165, 1.54) is 23.3 Å². The molecule has 38 heavy (non-hydrogen) atoms. The smallest absolute Gasteiger partial charge is 0.265 e. The Hall–Kier alpha value is -4.08. The minimum absolute atomic E-state index is 0.0804. The zero-order valence-electron chi connectivity index (χ0n) is 21.1. The number of fused-ring (bicyclic) bond motifs is 1. The lowest BCUT2D eigenvalue weighted by molar-refractivity contribution is 0.0944. The van der Waals surface area contributed by atoms with Gasteiger partial charge in [0.25, 0.3) is 11.8 Å². The van der Waals surface area contributed by atoms with E-state index in [0.29, 0.717) is 11.5 Å². The number of hydrogen-bond donors (Lipinski definition) is 4. The van der Waals surface area contributed by atoms with Crippen molar-refractivity contribution < 1.29 is 14.7 Å². The van der Waals surface area contributed by atoms with E-state index < -0.39 is 0 Å². The number of nitrogens with zero attached hydrogens (tertiary/aromatic N) is 2. The van der Waals surface area contributed by atoms with Crippen LogP contribution in [0.3, 0.4) is 0 Å². The number of aromatic nitrogens is 2. The zero-order chi connectivity index (χ0) is 26.5. The van der Waals surface area contributed by atoms with Crippen molar-refractivity contribution in [2.24, 2.45) is 0 Å². The Labute approximate surface area is 225 Å². The first-order valence-electron chi connectivity index (χ1n) is 12.6. The summed E-state index contributed by atoms with van der Waals surface area (Å²) in [5.41, 5.74) is 5.84. The number of carbonyl (C=O) groups excluding carboxylic acids is 2. The van der Waals surface area contributed by atoms with Crippen LogP contribution < -0.4 is 16.0 Å². The molecular weight excluding hydrogens is 498 g/mol. The molecule has 4 N–H and O–H groups in total. The van der Waals surface area contributed by atoms with Gasteiger partial charge in [-0.05, 0) is 86.2 Å². The molecule has 0 spiro atoms. The van der Waals surface area contributed by atoms with Crippen LogP contribution >= 0.6 is 11.3 Å². The van der Waals surface area contributed by atoms with Gasteiger partial charge in [-0.1, -0.05) is 12.1 Å². The van der Waals surface area contributed by atoms with E-state index in [4.69, 9.17) is 5.11 Å². The second-order valence-electron chi connectivity index (χ2n) is 9.15. The van der Waals surface area contributed by atoms with Crippen LogP contribution in [0, 0.1) is 6.92 Å². The number of thiophene rings is 1. The molecule has 0 aliphatic heterocycles. The van der Waals surface area contributed by atoms with E-state index in [9.17, 15) is 9.59 Å². The van der Waals surface area contributed by atoms with Crippen molar-refractivity contribution in [2.75, 3.05) is 23.8 Å². The van der Waals surface area contributed by atoms with Gasteiger partial charge in [0.15, 0.2) is 0 Å². The first-order valence-corrected chi connectivity index (χ1v) is 13.5. The minimum atomic E-state index is -0.245. The average Bonchev–Trinajstić information content (AvgIpc) is 3.38. The second-order valence-corrected chi connectivity index (χ2v) is 10.3. The topological polar surface area (TPSA) is 116 Å². The maximum Gasteiger partial charge on any atom is 0.265 e. The van der Waals surface area contributed by atoms with Crippen molar-refractivity contribution >= 4 is 40.5 Å². The van der Waals surface area contributed by atoms with Crippen LogP contribution in [0.15, 0.2) is 60.8 Å². The molecule has 2 aromatic heterocycles. The highest BCUT2D eigenvalue weighted by Gasteiger charge is 2.18. The molecule has 9 heteroatoms. The number of carbonyl (C=O) groups is 2. The molecule has 0 saturated heterocycles. The normalized spacial score (nSPS) is 12.5. The van der Waals surface area contributed by atoms with Gasteiger partial charge in [0.2, 0.25) is 5.95 Å². The van der Waals surface area contributed by atoms with Crippen LogP contribution in [0.5, 0.6) is 0 Å². The molecule has 2 aromatic carbocycles. The van der Waals surface area contributed by atoms with Crippen LogP contribution in [0.1, 0.15) is 48.9 Å². The van der Waals surface area contributed by atoms with Crippen LogP contribution in [-0.2, 0) is 12.8 Å². The molecule has 194 valence electrons. The highest BCUT2D eigenvalue weighted by molar-refractivity contribution is 7.14. The largest absolute Gasteiger partial charge is 0.395 e. The Bertz CT molecular complexity index is 1440. The average molecular weight is 528 g/mol. The Morgan fingerprint density at radius 3 is 2.63 bits per heavy atom. The van der Waals surface area contributed by atoms with Gasteiger partial charge in [-0.3, -0.25) is 9.59 Å². The lowest BCUT2D eigenvalue weighted by Crippen LogP contribution is -2.26. The maximum absolute atomic E-state index is 13.0. The third-order valence-corrected chi connectivity index (χ3v) is 7.77. The fourth-order valence-electron chi connectivity index (χ4n) is 4.51. The molecular formula is C29H29N5O3S. The lowest BCUT2D eigenvalue weighted by Gasteiger charge is -2.13. The Morgan fingerprint density at radius 2 is 1.84 bits per heavy atom. The highest BCUT2D eigenvalue weighted by atomic mass is 32.1. The van der Waals surface area contributed by atoms with Crippen molar-refractivity contribution in [3.8, 4) is 11.3 Å². The summed E-state index contributed by atoms with van der Waals surface area (Å²) in [5, 5.41) is 17.8. The summed E-state index contributed by atoms with van der Waals surface area (Å²) < 4.78 is 0. The van der Waals surface area contributed by atoms with E-state index in [-0.39, 0.29) is 25.0 Å². The molecule has 1 aliphatic carbocycles. The van der Waals surface area contributed by atoms with E-state index in [2.05, 4.69) is 25.9 Å². The number of nitrogens with one attached hydrogen (secondary N) is 3. The van der Waals surface area contributed by atoms with Gasteiger partial charge in [0.05, 0.1) is 17.2 Å². The lowest BCUT2D eigenvalue weighted by atomic mass is 9.99. The maximum atomic E-state index is 13.0. The monoisotopic (exact) mass is 527 g/mol. The molecule has 0 radical (unpaired) electrons. The number of aryl methyl sites for hydroxylation is 2. The summed E-state index contributed by atoms with van der Waals surface area (Å²) in [7, 11) is 0. The van der Waals surface area contributed by atoms with Crippen molar-refractivity contribution in [1.82, 2.24) is 15.3 Å². The molecule has 0 bridgehead atoms. The summed E-state index contributed by atoms with van der Waals surface area (Å²) in [6.45, 7) is 2.07. The minimum Gasteiger partial charge on any atom is -0.395 e. The predicted molar refractivity (Wildman–Crippen MR) is 150 cm³/mol. The fourth-order valence-corrected chi connectivity index (χ4v) is 5.66. The summed E-state index contributed by atoms with van der Waals surface area (Å²) in [5.74, 6) is 0.0890. The standard InChI is InChI=1S/C29H29N5O3S/c1-18-22(6-4-7-23(18)33-28(37)26-17-20-5-2-3-8-25(20)38-26)24-13-14-31-29(34-24)32-21-11-9-19(10-12-21)27(36)30-15-16-35/h4,6-7,9-14,17,35H,2-3,5,8,15-16H2,1H3,(H,30,36)(H,33,37)(H,31,32,34). The number of aliphatic hydroxyl groups is 1. The third kappa shape index (κ3) is 5.74. The molecule has 4 aromatic rings. The molecule has 0 saturated carbocycles. The number of amides is 2. The van der Waals surface area contributed by atoms with Crippen molar-refractivity contribution in [3.05, 3.63) is 87.2 Å². The Morgan fingerprint density at radius 1 is 1.03 bits per heavy atom. The molecule has 0 fully saturated rings. The van der Waals surface area contributed by atoms with E-state index >= 15 is 0 Å². The summed E-state index contributed by atoms with van der Waals surface area (Å²) in [4.78, 5) is 36.2. The molecule has 0 unspecified atom stereocenters. The van der Waals surface area contributed by atoms with Gasteiger partial charge in [-0.15, -0.1) is 11.3 Å². The van der Waals surface area contributed by atoms with Gasteiger partial charge >= 0.3 is 0 Å². The number of benzene rings is 2. The summed E-state index contributed by atoms with van der Waals surface area (Å²) >= 11 is 1.60. The first kappa shape index (κ1) is 25.6. The molecule has 8 nitrogen and oxygen atoms in total. The second kappa shape index (κ2) is 11.5. The molecule has 0 atom stereocenters. The van der Waals surface area contributed by atoms with Crippen LogP contribution in [-0.4, -0.2) is 40.0 Å². The molecule has 2 amide bonds. The van der Waals surface area contributed by atoms with Gasteiger partial charge in [-0.2, -0.15) is 0 Å². The van der Waals surface area contributed by atoms with Crippen molar-refractivity contribution in [1.29, 1.82) is 0 Å². The summed E-state index contributed by atoms with van der Waals surface area (Å²) in [6.07, 6.45) is 6.19. The fraction of sp³-hybridized carbons (Fsp3) is 0.241. The zero-order valence-corrected chi connectivity index (χ0v) is 21.9. The Balaban J connectivity index is 1.30. The summed E-state index contributed by atoms with van der Waals surface area (Å²) in [6, 6.07) is 16.6. The third-order valence-electron chi connectivity index (χ3n) is 6.53. The van der Waals surface area contributed by atoms with E-state index in [0.717, 1.165) is 45.9 Å². The van der Waals surface area contributed by atoms with Gasteiger partial charge in [-0.25, -0.2) is 9.97 Å². The molecule has 2 heterocycles. The molecule has 1 aliphatic rings. The van der Waals surface area contributed by atoms with E-state index in [1.54, 1.807) is 41.8 Å². The number of hydrogen-bond acceptors (Lipinski definition) is 7. The van der Waals surface area contributed by atoms with Gasteiger partial charge in [0.1, 0.15) is 0 Å². The van der Waals surface area contributed by atoms with Gasteiger partial charge in [0, 0.05) is 40.1 Å². The predicted octanol–water partition coefficient (Wildman–Crippen LogP) is 5.11. The van der Waals surface area contributed by atoms with Gasteiger partial charge < -0.3 is 21.1 Å². The number of aliphatic hydroxyl groups excluding tert-OH is 1. The van der Waals surface area contributed by atoms with Crippen LogP contribution in [0.4, 0.5) is 17.3 Å². The quantitative estimate of drug-likeness (QED) is 0.253. The van der Waals surface area contributed by atoms with Crippen LogP contribution in [0.2, 0.25) is 0 Å². The Kier molecular flexibility index (Phi) is 7.76. The first-order chi connectivity index (χ1) is 18.5. The van der Waals surface area contributed by atoms with Crippen molar-refractivity contribution in [2.45, 2.75) is 32.6 Å². The number of rotatable bonds is 8. The van der Waals surface area contributed by atoms with Crippen molar-refractivity contribution in [3.63, 3.8) is 0 Å².